The monoisotopic (exact) mass is 475 g/mol. The molecular weight excluding hydrogens is 438 g/mol. The van der Waals surface area contributed by atoms with Crippen molar-refractivity contribution in [2.75, 3.05) is 20.2 Å². The zero-order valence-electron chi connectivity index (χ0n) is 20.2. The summed E-state index contributed by atoms with van der Waals surface area (Å²) in [6.45, 7) is 6.82. The van der Waals surface area contributed by atoms with E-state index in [-0.39, 0.29) is 0 Å². The highest BCUT2D eigenvalue weighted by atomic mass is 16.5. The van der Waals surface area contributed by atoms with E-state index in [1.54, 1.807) is 18.2 Å². The maximum Gasteiger partial charge on any atom is 0.335 e. The number of fused-ring (bicyclic) bond motifs is 1. The quantitative estimate of drug-likeness (QED) is 0.463. The number of carbonyl (C=O) groups is 2. The third kappa shape index (κ3) is 5.29. The Hall–Kier alpha value is -2.42. The summed E-state index contributed by atoms with van der Waals surface area (Å²) in [4.78, 5) is 22.3. The zero-order valence-corrected chi connectivity index (χ0v) is 20.2. The summed E-state index contributed by atoms with van der Waals surface area (Å²) in [5.74, 6) is -1.66. The van der Waals surface area contributed by atoms with Crippen LogP contribution in [0.4, 0.5) is 0 Å². The zero-order chi connectivity index (χ0) is 25.0. The standard InChI is InChI=1S/C22H31NO.C4H6O6/c1-16(2)9-12-23-13-11-22-10-5-4-6-19(22)21(23)14-17-7-8-18(24-3)15-20(17)22;5-1(3(7)8)2(6)4(9)10/h7-9,15,19,21H,4-6,10-14H2,1-3H3;1-2,5-6H,(H,7,8)(H,9,10)/t19-,21+,22+;1-,2-/m01/s1. The Labute approximate surface area is 200 Å². The molecule has 1 aliphatic heterocycles. The highest BCUT2D eigenvalue weighted by molar-refractivity contribution is 5.83. The summed E-state index contributed by atoms with van der Waals surface area (Å²) in [6, 6.07) is 7.61. The molecule has 0 spiro atoms. The lowest BCUT2D eigenvalue weighted by Gasteiger charge is -2.59. The number of likely N-dealkylation sites (tertiary alicyclic amines) is 1. The summed E-state index contributed by atoms with van der Waals surface area (Å²) in [5, 5.41) is 32.5. The van der Waals surface area contributed by atoms with E-state index in [4.69, 9.17) is 25.2 Å². The third-order valence-electron chi connectivity index (χ3n) is 7.70. The molecule has 4 N–H and O–H groups in total. The third-order valence-corrected chi connectivity index (χ3v) is 7.70. The van der Waals surface area contributed by atoms with Crippen molar-refractivity contribution in [1.82, 2.24) is 4.90 Å². The first kappa shape index (κ1) is 26.2. The number of ether oxygens (including phenoxy) is 1. The lowest BCUT2D eigenvalue weighted by atomic mass is 9.52. The van der Waals surface area contributed by atoms with Crippen molar-refractivity contribution in [3.8, 4) is 5.75 Å². The van der Waals surface area contributed by atoms with Crippen LogP contribution in [-0.4, -0.2) is 75.7 Å². The van der Waals surface area contributed by atoms with Crippen molar-refractivity contribution < 1.29 is 34.8 Å². The Balaban J connectivity index is 0.000000277. The number of hydrogen-bond acceptors (Lipinski definition) is 6. The number of benzene rings is 1. The fraction of sp³-hybridized carbons (Fsp3) is 0.615. The van der Waals surface area contributed by atoms with Gasteiger partial charge in [-0.1, -0.05) is 30.6 Å². The van der Waals surface area contributed by atoms with Crippen LogP contribution in [0.15, 0.2) is 29.8 Å². The SMILES string of the molecule is COc1ccc2c(c1)[C@@]13CCCC[C@H]1[C@@H](C2)N(CC=C(C)C)CC3.O=C(O)[C@H](O)[C@@H](O)C(=O)O. The number of piperidine rings is 1. The molecule has 4 rings (SSSR count). The van der Waals surface area contributed by atoms with Crippen LogP contribution in [-0.2, 0) is 21.4 Å². The molecule has 188 valence electrons. The van der Waals surface area contributed by atoms with Gasteiger partial charge in [0.2, 0.25) is 0 Å². The highest BCUT2D eigenvalue weighted by Gasteiger charge is 2.53. The summed E-state index contributed by atoms with van der Waals surface area (Å²) in [6.07, 6.45) is 6.03. The molecule has 2 aliphatic carbocycles. The second-order valence-corrected chi connectivity index (χ2v) is 9.90. The number of aliphatic hydroxyl groups excluding tert-OH is 2. The van der Waals surface area contributed by atoms with Gasteiger partial charge in [0.25, 0.3) is 0 Å². The molecule has 1 heterocycles. The van der Waals surface area contributed by atoms with Crippen molar-refractivity contribution in [3.63, 3.8) is 0 Å². The molecule has 8 nitrogen and oxygen atoms in total. The second-order valence-electron chi connectivity index (χ2n) is 9.90. The van der Waals surface area contributed by atoms with E-state index in [0.29, 0.717) is 5.41 Å². The van der Waals surface area contributed by atoms with Crippen LogP contribution in [0.5, 0.6) is 5.75 Å². The number of hydrogen-bond donors (Lipinski definition) is 4. The molecule has 1 aromatic rings. The molecule has 1 saturated heterocycles. The fourth-order valence-corrected chi connectivity index (χ4v) is 5.99. The van der Waals surface area contributed by atoms with E-state index in [1.165, 1.54) is 50.6 Å². The van der Waals surface area contributed by atoms with E-state index in [1.807, 2.05) is 0 Å². The molecule has 0 radical (unpaired) electrons. The highest BCUT2D eigenvalue weighted by Crippen LogP contribution is 2.56. The molecule has 2 bridgehead atoms. The second kappa shape index (κ2) is 10.9. The molecule has 34 heavy (non-hydrogen) atoms. The van der Waals surface area contributed by atoms with E-state index in [0.717, 1.165) is 24.3 Å². The van der Waals surface area contributed by atoms with Crippen molar-refractivity contribution in [2.45, 2.75) is 76.0 Å². The normalized spacial score (nSPS) is 27.1. The first-order chi connectivity index (χ1) is 16.1. The minimum absolute atomic E-state index is 0.423. The van der Waals surface area contributed by atoms with Gasteiger partial charge in [-0.2, -0.15) is 0 Å². The summed E-state index contributed by atoms with van der Waals surface area (Å²) < 4.78 is 5.56. The smallest absolute Gasteiger partial charge is 0.335 e. The van der Waals surface area contributed by atoms with E-state index < -0.39 is 24.1 Å². The molecule has 8 heteroatoms. The molecule has 1 saturated carbocycles. The number of rotatable bonds is 6. The van der Waals surface area contributed by atoms with Crippen LogP contribution >= 0.6 is 0 Å². The van der Waals surface area contributed by atoms with Gasteiger partial charge in [-0.3, -0.25) is 4.90 Å². The van der Waals surface area contributed by atoms with Crippen LogP contribution in [0.2, 0.25) is 0 Å². The van der Waals surface area contributed by atoms with E-state index in [2.05, 4.69) is 43.0 Å². The average molecular weight is 476 g/mol. The number of aliphatic hydroxyl groups is 2. The molecule has 5 atom stereocenters. The lowest BCUT2D eigenvalue weighted by Crippen LogP contribution is -2.60. The number of carboxylic acids is 2. The van der Waals surface area contributed by atoms with Gasteiger partial charge >= 0.3 is 11.9 Å². The predicted molar refractivity (Wildman–Crippen MR) is 127 cm³/mol. The van der Waals surface area contributed by atoms with E-state index >= 15 is 0 Å². The van der Waals surface area contributed by atoms with Crippen LogP contribution in [0.1, 0.15) is 57.1 Å². The maximum absolute atomic E-state index is 9.77. The van der Waals surface area contributed by atoms with Gasteiger partial charge in [0.1, 0.15) is 5.75 Å². The van der Waals surface area contributed by atoms with Gasteiger partial charge in [-0.25, -0.2) is 9.59 Å². The van der Waals surface area contributed by atoms with Crippen LogP contribution in [0.25, 0.3) is 0 Å². The molecule has 3 aliphatic rings. The topological polar surface area (TPSA) is 128 Å². The predicted octanol–water partition coefficient (Wildman–Crippen LogP) is 2.60. The molecule has 1 aromatic carbocycles. The summed E-state index contributed by atoms with van der Waals surface area (Å²) in [5.41, 5.74) is 5.08. The minimum Gasteiger partial charge on any atom is -0.497 e. The van der Waals surface area contributed by atoms with Crippen molar-refractivity contribution in [3.05, 3.63) is 41.0 Å². The Morgan fingerprint density at radius 2 is 1.82 bits per heavy atom. The van der Waals surface area contributed by atoms with Gasteiger partial charge in [-0.05, 0) is 75.3 Å². The lowest BCUT2D eigenvalue weighted by molar-refractivity contribution is -0.165. The average Bonchev–Trinajstić information content (AvgIpc) is 2.82. The van der Waals surface area contributed by atoms with Gasteiger partial charge in [0, 0.05) is 18.0 Å². The Kier molecular flexibility index (Phi) is 8.38. The van der Waals surface area contributed by atoms with Crippen molar-refractivity contribution in [2.24, 2.45) is 5.92 Å². The summed E-state index contributed by atoms with van der Waals surface area (Å²) >= 11 is 0. The molecule has 0 unspecified atom stereocenters. The molecule has 2 fully saturated rings. The van der Waals surface area contributed by atoms with Gasteiger partial charge in [0.15, 0.2) is 12.2 Å². The Bertz CT molecular complexity index is 908. The first-order valence-corrected chi connectivity index (χ1v) is 12.0. The van der Waals surface area contributed by atoms with Crippen molar-refractivity contribution in [1.29, 1.82) is 0 Å². The number of methoxy groups -OCH3 is 1. The number of nitrogens with zero attached hydrogens (tertiary/aromatic N) is 1. The number of carboxylic acid groups (broad SMARTS) is 2. The number of allylic oxidation sites excluding steroid dienone is 1. The first-order valence-electron chi connectivity index (χ1n) is 12.0. The van der Waals surface area contributed by atoms with Crippen molar-refractivity contribution >= 4 is 11.9 Å². The number of aliphatic carboxylic acids is 2. The maximum atomic E-state index is 9.77. The molecule has 0 amide bonds. The Morgan fingerprint density at radius 3 is 2.41 bits per heavy atom. The molecule has 0 aromatic heterocycles. The van der Waals surface area contributed by atoms with Crippen LogP contribution < -0.4 is 4.74 Å². The van der Waals surface area contributed by atoms with Gasteiger partial charge in [0.05, 0.1) is 7.11 Å². The van der Waals surface area contributed by atoms with Gasteiger partial charge in [-0.15, -0.1) is 0 Å². The molecular formula is C26H37NO7. The minimum atomic E-state index is -2.27. The Morgan fingerprint density at radius 1 is 1.15 bits per heavy atom. The fourth-order valence-electron chi connectivity index (χ4n) is 5.99. The largest absolute Gasteiger partial charge is 0.497 e. The van der Waals surface area contributed by atoms with Crippen LogP contribution in [0.3, 0.4) is 0 Å². The van der Waals surface area contributed by atoms with E-state index in [9.17, 15) is 9.59 Å². The van der Waals surface area contributed by atoms with Crippen LogP contribution in [0, 0.1) is 5.92 Å². The summed E-state index contributed by atoms with van der Waals surface area (Å²) in [7, 11) is 1.80. The van der Waals surface area contributed by atoms with Gasteiger partial charge < -0.3 is 25.2 Å².